The highest BCUT2D eigenvalue weighted by Crippen LogP contribution is 2.37. The summed E-state index contributed by atoms with van der Waals surface area (Å²) in [5.74, 6) is 0. The highest BCUT2D eigenvalue weighted by atomic mass is 16.6. The molecule has 1 aromatic rings. The molecule has 1 fully saturated rings. The first kappa shape index (κ1) is 6.86. The molecule has 1 aliphatic rings. The van der Waals surface area contributed by atoms with E-state index in [1.54, 1.807) is 0 Å². The molecule has 0 bridgehead atoms. The maximum Gasteiger partial charge on any atom is 0.109 e. The van der Waals surface area contributed by atoms with Gasteiger partial charge in [-0.3, -0.25) is 0 Å². The van der Waals surface area contributed by atoms with Crippen LogP contribution in [0.15, 0.2) is 24.3 Å². The van der Waals surface area contributed by atoms with Gasteiger partial charge >= 0.3 is 0 Å². The molecule has 1 aliphatic heterocycles. The monoisotopic (exact) mass is 148 g/mol. The van der Waals surface area contributed by atoms with Gasteiger partial charge in [0, 0.05) is 0 Å². The molecule has 11 heavy (non-hydrogen) atoms. The van der Waals surface area contributed by atoms with Crippen LogP contribution in [0.25, 0.3) is 0 Å². The Kier molecular flexibility index (Phi) is 1.46. The Bertz CT molecular complexity index is 267. The van der Waals surface area contributed by atoms with Crippen molar-refractivity contribution < 1.29 is 4.74 Å². The fraction of sp³-hybridized carbons (Fsp3) is 0.400. The van der Waals surface area contributed by atoms with E-state index in [0.29, 0.717) is 12.2 Å². The molecule has 1 aromatic carbocycles. The minimum atomic E-state index is 0.370. The van der Waals surface area contributed by atoms with E-state index >= 15 is 0 Å². The molecule has 0 aliphatic carbocycles. The molecule has 0 amide bonds. The van der Waals surface area contributed by atoms with Crippen LogP contribution in [0, 0.1) is 6.92 Å². The highest BCUT2D eigenvalue weighted by molar-refractivity contribution is 5.26. The van der Waals surface area contributed by atoms with Crippen LogP contribution in [-0.4, -0.2) is 6.10 Å². The fourth-order valence-electron chi connectivity index (χ4n) is 1.38. The van der Waals surface area contributed by atoms with Gasteiger partial charge in [-0.15, -0.1) is 0 Å². The molecular formula is C10H12O. The van der Waals surface area contributed by atoms with E-state index in [1.807, 2.05) is 0 Å². The van der Waals surface area contributed by atoms with Crippen molar-refractivity contribution in [2.75, 3.05) is 0 Å². The number of aryl methyl sites for hydroxylation is 1. The minimum Gasteiger partial charge on any atom is -0.365 e. The van der Waals surface area contributed by atoms with Gasteiger partial charge in [-0.05, 0) is 19.4 Å². The SMILES string of the molecule is Cc1cccc([C@@H]2O[C@H]2C)c1. The molecule has 0 aromatic heterocycles. The van der Waals surface area contributed by atoms with Gasteiger partial charge in [0.2, 0.25) is 0 Å². The predicted molar refractivity (Wildman–Crippen MR) is 44.5 cm³/mol. The van der Waals surface area contributed by atoms with Crippen LogP contribution in [0.2, 0.25) is 0 Å². The quantitative estimate of drug-likeness (QED) is 0.557. The molecule has 1 heteroatoms. The summed E-state index contributed by atoms with van der Waals surface area (Å²) in [6.45, 7) is 4.21. The standard InChI is InChI=1S/C10H12O/c1-7-4-3-5-9(6-7)10-8(2)11-10/h3-6,8,10H,1-2H3/t8-,10+/m0/s1. The van der Waals surface area contributed by atoms with Gasteiger partial charge < -0.3 is 4.74 Å². The molecule has 0 saturated carbocycles. The normalized spacial score (nSPS) is 28.5. The van der Waals surface area contributed by atoms with Crippen LogP contribution in [0.3, 0.4) is 0 Å². The Balaban J connectivity index is 2.25. The first-order valence-electron chi connectivity index (χ1n) is 3.99. The molecule has 0 N–H and O–H groups in total. The minimum absolute atomic E-state index is 0.370. The number of hydrogen-bond donors (Lipinski definition) is 0. The van der Waals surface area contributed by atoms with E-state index in [2.05, 4.69) is 38.1 Å². The molecule has 1 nitrogen and oxygen atoms in total. The molecule has 58 valence electrons. The van der Waals surface area contributed by atoms with Crippen LogP contribution < -0.4 is 0 Å². The van der Waals surface area contributed by atoms with E-state index in [4.69, 9.17) is 4.74 Å². The third-order valence-corrected chi connectivity index (χ3v) is 2.08. The summed E-state index contributed by atoms with van der Waals surface area (Å²) >= 11 is 0. The topological polar surface area (TPSA) is 12.5 Å². The molecule has 1 saturated heterocycles. The largest absolute Gasteiger partial charge is 0.365 e. The Hall–Kier alpha value is -0.820. The zero-order valence-corrected chi connectivity index (χ0v) is 6.87. The Morgan fingerprint density at radius 1 is 1.36 bits per heavy atom. The van der Waals surface area contributed by atoms with Crippen LogP contribution in [-0.2, 0) is 4.74 Å². The van der Waals surface area contributed by atoms with E-state index in [0.717, 1.165) is 0 Å². The molecular weight excluding hydrogens is 136 g/mol. The predicted octanol–water partition coefficient (Wildman–Crippen LogP) is 2.45. The van der Waals surface area contributed by atoms with Crippen molar-refractivity contribution in [1.29, 1.82) is 0 Å². The maximum absolute atomic E-state index is 5.36. The lowest BCUT2D eigenvalue weighted by molar-refractivity contribution is 0.383. The van der Waals surface area contributed by atoms with Gasteiger partial charge in [0.25, 0.3) is 0 Å². The van der Waals surface area contributed by atoms with Crippen molar-refractivity contribution in [2.45, 2.75) is 26.1 Å². The smallest absolute Gasteiger partial charge is 0.109 e. The lowest BCUT2D eigenvalue weighted by Crippen LogP contribution is -1.83. The Morgan fingerprint density at radius 2 is 2.09 bits per heavy atom. The van der Waals surface area contributed by atoms with Gasteiger partial charge in [-0.2, -0.15) is 0 Å². The average Bonchev–Trinajstić information content (AvgIpc) is 2.67. The number of benzene rings is 1. The van der Waals surface area contributed by atoms with Crippen molar-refractivity contribution in [3.8, 4) is 0 Å². The second-order valence-corrected chi connectivity index (χ2v) is 3.18. The molecule has 0 unspecified atom stereocenters. The summed E-state index contributed by atoms with van der Waals surface area (Å²) in [4.78, 5) is 0. The van der Waals surface area contributed by atoms with E-state index in [1.165, 1.54) is 11.1 Å². The van der Waals surface area contributed by atoms with Gasteiger partial charge in [0.05, 0.1) is 6.10 Å². The van der Waals surface area contributed by atoms with Crippen molar-refractivity contribution in [3.05, 3.63) is 35.4 Å². The van der Waals surface area contributed by atoms with Crippen LogP contribution in [0.4, 0.5) is 0 Å². The maximum atomic E-state index is 5.36. The van der Waals surface area contributed by atoms with Crippen molar-refractivity contribution in [1.82, 2.24) is 0 Å². The van der Waals surface area contributed by atoms with Gasteiger partial charge in [-0.25, -0.2) is 0 Å². The number of hydrogen-bond acceptors (Lipinski definition) is 1. The molecule has 0 radical (unpaired) electrons. The van der Waals surface area contributed by atoms with Crippen molar-refractivity contribution in [2.24, 2.45) is 0 Å². The lowest BCUT2D eigenvalue weighted by atomic mass is 10.1. The van der Waals surface area contributed by atoms with E-state index in [-0.39, 0.29) is 0 Å². The van der Waals surface area contributed by atoms with Gasteiger partial charge in [-0.1, -0.05) is 29.8 Å². The molecule has 0 spiro atoms. The molecule has 2 rings (SSSR count). The van der Waals surface area contributed by atoms with E-state index < -0.39 is 0 Å². The summed E-state index contributed by atoms with van der Waals surface area (Å²) < 4.78 is 5.36. The van der Waals surface area contributed by atoms with Crippen LogP contribution in [0.5, 0.6) is 0 Å². The second-order valence-electron chi connectivity index (χ2n) is 3.18. The second kappa shape index (κ2) is 2.35. The third-order valence-electron chi connectivity index (χ3n) is 2.08. The van der Waals surface area contributed by atoms with Crippen molar-refractivity contribution >= 4 is 0 Å². The zero-order valence-electron chi connectivity index (χ0n) is 6.87. The number of epoxide rings is 1. The fourth-order valence-corrected chi connectivity index (χ4v) is 1.38. The van der Waals surface area contributed by atoms with Crippen LogP contribution >= 0.6 is 0 Å². The summed E-state index contributed by atoms with van der Waals surface area (Å²) in [7, 11) is 0. The average molecular weight is 148 g/mol. The summed E-state index contributed by atoms with van der Waals surface area (Å²) in [5.41, 5.74) is 2.63. The lowest BCUT2D eigenvalue weighted by Gasteiger charge is -1.96. The van der Waals surface area contributed by atoms with Gasteiger partial charge in [0.1, 0.15) is 6.10 Å². The highest BCUT2D eigenvalue weighted by Gasteiger charge is 2.35. The third kappa shape index (κ3) is 1.29. The number of rotatable bonds is 1. The molecule has 1 heterocycles. The van der Waals surface area contributed by atoms with Gasteiger partial charge in [0.15, 0.2) is 0 Å². The van der Waals surface area contributed by atoms with Crippen molar-refractivity contribution in [3.63, 3.8) is 0 Å². The summed E-state index contributed by atoms with van der Waals surface area (Å²) in [6, 6.07) is 8.50. The van der Waals surface area contributed by atoms with E-state index in [9.17, 15) is 0 Å². The summed E-state index contributed by atoms with van der Waals surface area (Å²) in [6.07, 6.45) is 0.798. The first-order valence-corrected chi connectivity index (χ1v) is 3.99. The summed E-state index contributed by atoms with van der Waals surface area (Å²) in [5, 5.41) is 0. The Morgan fingerprint density at radius 3 is 2.64 bits per heavy atom. The molecule has 2 atom stereocenters. The Labute approximate surface area is 67.0 Å². The zero-order chi connectivity index (χ0) is 7.84. The first-order chi connectivity index (χ1) is 5.27. The van der Waals surface area contributed by atoms with Crippen LogP contribution in [0.1, 0.15) is 24.2 Å². The number of ether oxygens (including phenoxy) is 1.